The molecule has 9 nitrogen and oxygen atoms in total. The van der Waals surface area contributed by atoms with Gasteiger partial charge in [-0.25, -0.2) is 9.78 Å². The fraction of sp³-hybridized carbons (Fsp3) is 0.200. The van der Waals surface area contributed by atoms with Gasteiger partial charge in [0.25, 0.3) is 0 Å². The summed E-state index contributed by atoms with van der Waals surface area (Å²) >= 11 is 7.73. The van der Waals surface area contributed by atoms with E-state index < -0.39 is 6.03 Å². The zero-order valence-corrected chi connectivity index (χ0v) is 20.9. The first kappa shape index (κ1) is 23.8. The number of urea groups is 1. The van der Waals surface area contributed by atoms with Crippen LogP contribution in [0.25, 0.3) is 21.8 Å². The lowest BCUT2D eigenvalue weighted by atomic mass is 10.0. The van der Waals surface area contributed by atoms with Gasteiger partial charge in [0.2, 0.25) is 0 Å². The first-order valence-corrected chi connectivity index (χ1v) is 12.4. The molecule has 1 aliphatic rings. The van der Waals surface area contributed by atoms with Gasteiger partial charge in [-0.15, -0.1) is 11.3 Å². The highest BCUT2D eigenvalue weighted by Gasteiger charge is 2.26. The molecule has 3 N–H and O–H groups in total. The molecular weight excluding hydrogens is 498 g/mol. The lowest BCUT2D eigenvalue weighted by Gasteiger charge is -2.27. The molecule has 0 radical (unpaired) electrons. The SMILES string of the molecule is Cc1cccc(Cl)c1NC(=O)Nc1ccc(-c2c(-c3ncn[nH]3)sc(N3CCOCC3)c2C#N)cc1. The van der Waals surface area contributed by atoms with E-state index in [1.54, 1.807) is 18.2 Å². The molecule has 4 aromatic rings. The number of nitriles is 1. The quantitative estimate of drug-likeness (QED) is 0.319. The van der Waals surface area contributed by atoms with Crippen LogP contribution < -0.4 is 15.5 Å². The van der Waals surface area contributed by atoms with Gasteiger partial charge < -0.3 is 20.3 Å². The lowest BCUT2D eigenvalue weighted by Crippen LogP contribution is -2.36. The van der Waals surface area contributed by atoms with Crippen molar-refractivity contribution in [2.45, 2.75) is 6.92 Å². The summed E-state index contributed by atoms with van der Waals surface area (Å²) in [5.74, 6) is 0.600. The predicted molar refractivity (Wildman–Crippen MR) is 142 cm³/mol. The van der Waals surface area contributed by atoms with Crippen LogP contribution >= 0.6 is 22.9 Å². The summed E-state index contributed by atoms with van der Waals surface area (Å²) in [5, 5.41) is 24.0. The molecule has 182 valence electrons. The number of aromatic nitrogens is 3. The number of morpholine rings is 1. The number of H-pyrrole nitrogens is 1. The molecule has 1 saturated heterocycles. The molecule has 0 unspecified atom stereocenters. The van der Waals surface area contributed by atoms with Gasteiger partial charge in [0, 0.05) is 24.3 Å². The highest BCUT2D eigenvalue weighted by molar-refractivity contribution is 7.20. The van der Waals surface area contributed by atoms with Crippen molar-refractivity contribution >= 4 is 45.3 Å². The van der Waals surface area contributed by atoms with E-state index in [2.05, 4.69) is 36.8 Å². The minimum Gasteiger partial charge on any atom is -0.378 e. The summed E-state index contributed by atoms with van der Waals surface area (Å²) in [6.07, 6.45) is 1.45. The molecule has 2 aromatic heterocycles. The topological polar surface area (TPSA) is 119 Å². The third-order valence-corrected chi connectivity index (χ3v) is 7.39. The van der Waals surface area contributed by atoms with E-state index in [1.165, 1.54) is 17.7 Å². The van der Waals surface area contributed by atoms with Gasteiger partial charge in [-0.05, 0) is 36.2 Å². The first-order chi connectivity index (χ1) is 17.5. The number of thiophene rings is 1. The van der Waals surface area contributed by atoms with E-state index in [0.29, 0.717) is 54.1 Å². The molecule has 0 bridgehead atoms. The highest BCUT2D eigenvalue weighted by atomic mass is 35.5. The molecule has 3 heterocycles. The zero-order chi connectivity index (χ0) is 25.1. The number of para-hydroxylation sites is 1. The third-order valence-electron chi connectivity index (χ3n) is 5.82. The Morgan fingerprint density at radius 2 is 1.97 bits per heavy atom. The molecular formula is C25H22ClN7O2S. The number of carbonyl (C=O) groups is 1. The van der Waals surface area contributed by atoms with Crippen molar-refractivity contribution in [1.29, 1.82) is 5.26 Å². The number of hydrogen-bond acceptors (Lipinski definition) is 7. The maximum atomic E-state index is 12.6. The van der Waals surface area contributed by atoms with Gasteiger partial charge in [0.1, 0.15) is 17.4 Å². The van der Waals surface area contributed by atoms with Crippen molar-refractivity contribution in [3.8, 4) is 27.9 Å². The van der Waals surface area contributed by atoms with Crippen LogP contribution in [0.15, 0.2) is 48.8 Å². The standard InChI is InChI=1S/C25H22ClN7O2S/c1-15-3-2-4-19(26)21(15)31-25(34)30-17-7-5-16(6-8-17)20-18(13-27)24(33-9-11-35-12-10-33)36-22(20)23-28-14-29-32-23/h2-8,14H,9-12H2,1H3,(H,28,29,32)(H2,30,31,34). The van der Waals surface area contributed by atoms with Crippen LogP contribution in [0.3, 0.4) is 0 Å². The highest BCUT2D eigenvalue weighted by Crippen LogP contribution is 2.46. The molecule has 0 aliphatic carbocycles. The lowest BCUT2D eigenvalue weighted by molar-refractivity contribution is 0.123. The number of aromatic amines is 1. The van der Waals surface area contributed by atoms with Crippen LogP contribution in [-0.2, 0) is 4.74 Å². The second-order valence-corrected chi connectivity index (χ2v) is 9.53. The summed E-state index contributed by atoms with van der Waals surface area (Å²) in [4.78, 5) is 19.9. The van der Waals surface area contributed by atoms with Gasteiger partial charge in [-0.1, -0.05) is 35.9 Å². The Bertz CT molecular complexity index is 1400. The van der Waals surface area contributed by atoms with E-state index >= 15 is 0 Å². The van der Waals surface area contributed by atoms with Crippen molar-refractivity contribution in [2.24, 2.45) is 0 Å². The third kappa shape index (κ3) is 4.77. The zero-order valence-electron chi connectivity index (χ0n) is 19.3. The number of aryl methyl sites for hydroxylation is 1. The minimum absolute atomic E-state index is 0.399. The Morgan fingerprint density at radius 3 is 2.64 bits per heavy atom. The molecule has 0 saturated carbocycles. The summed E-state index contributed by atoms with van der Waals surface area (Å²) in [6, 6.07) is 14.8. The molecule has 1 fully saturated rings. The number of halogens is 1. The fourth-order valence-electron chi connectivity index (χ4n) is 4.06. The van der Waals surface area contributed by atoms with Crippen LogP contribution in [0.4, 0.5) is 21.2 Å². The van der Waals surface area contributed by atoms with E-state index in [4.69, 9.17) is 16.3 Å². The van der Waals surface area contributed by atoms with Crippen LogP contribution in [0.5, 0.6) is 0 Å². The molecule has 5 rings (SSSR count). The van der Waals surface area contributed by atoms with Crippen molar-refractivity contribution in [2.75, 3.05) is 41.8 Å². The number of ether oxygens (including phenoxy) is 1. The summed E-state index contributed by atoms with van der Waals surface area (Å²) in [7, 11) is 0. The predicted octanol–water partition coefficient (Wildman–Crippen LogP) is 5.51. The van der Waals surface area contributed by atoms with E-state index in [-0.39, 0.29) is 0 Å². The van der Waals surface area contributed by atoms with Crippen molar-refractivity contribution in [3.05, 3.63) is 64.9 Å². The van der Waals surface area contributed by atoms with E-state index in [1.807, 2.05) is 31.2 Å². The van der Waals surface area contributed by atoms with Crippen molar-refractivity contribution < 1.29 is 9.53 Å². The molecule has 0 spiro atoms. The molecule has 11 heteroatoms. The maximum Gasteiger partial charge on any atom is 0.323 e. The summed E-state index contributed by atoms with van der Waals surface area (Å²) < 4.78 is 5.49. The monoisotopic (exact) mass is 519 g/mol. The molecule has 2 aromatic carbocycles. The number of nitrogens with zero attached hydrogens (tertiary/aromatic N) is 4. The van der Waals surface area contributed by atoms with Gasteiger partial charge in [-0.3, -0.25) is 5.10 Å². The van der Waals surface area contributed by atoms with Gasteiger partial charge in [0.05, 0.1) is 34.4 Å². The molecule has 1 aliphatic heterocycles. The Morgan fingerprint density at radius 1 is 1.19 bits per heavy atom. The Balaban J connectivity index is 1.44. The Kier molecular flexibility index (Phi) is 6.86. The van der Waals surface area contributed by atoms with Crippen LogP contribution in [0, 0.1) is 18.3 Å². The van der Waals surface area contributed by atoms with E-state index in [0.717, 1.165) is 26.6 Å². The van der Waals surface area contributed by atoms with Crippen molar-refractivity contribution in [3.63, 3.8) is 0 Å². The number of carbonyl (C=O) groups excluding carboxylic acids is 1. The van der Waals surface area contributed by atoms with Gasteiger partial charge >= 0.3 is 6.03 Å². The van der Waals surface area contributed by atoms with Gasteiger partial charge in [-0.2, -0.15) is 10.4 Å². The van der Waals surface area contributed by atoms with Gasteiger partial charge in [0.15, 0.2) is 5.82 Å². The fourth-order valence-corrected chi connectivity index (χ4v) is 5.60. The first-order valence-electron chi connectivity index (χ1n) is 11.2. The average Bonchev–Trinajstić information content (AvgIpc) is 3.55. The number of rotatable bonds is 5. The van der Waals surface area contributed by atoms with Crippen LogP contribution in [0.2, 0.25) is 5.02 Å². The minimum atomic E-state index is -0.399. The second-order valence-electron chi connectivity index (χ2n) is 8.12. The average molecular weight is 520 g/mol. The molecule has 0 atom stereocenters. The largest absolute Gasteiger partial charge is 0.378 e. The molecule has 36 heavy (non-hydrogen) atoms. The number of benzene rings is 2. The van der Waals surface area contributed by atoms with E-state index in [9.17, 15) is 10.1 Å². The number of amides is 2. The second kappa shape index (κ2) is 10.4. The smallest absolute Gasteiger partial charge is 0.323 e. The van der Waals surface area contributed by atoms with Crippen molar-refractivity contribution in [1.82, 2.24) is 15.2 Å². The van der Waals surface area contributed by atoms with Crippen LogP contribution in [0.1, 0.15) is 11.1 Å². The number of anilines is 3. The normalized spacial score (nSPS) is 13.3. The Hall–Kier alpha value is -3.91. The van der Waals surface area contributed by atoms with Crippen LogP contribution in [-0.4, -0.2) is 47.5 Å². The summed E-state index contributed by atoms with van der Waals surface area (Å²) in [5.41, 5.74) is 4.23. The maximum absolute atomic E-state index is 12.6. The summed E-state index contributed by atoms with van der Waals surface area (Å²) in [6.45, 7) is 4.54. The number of hydrogen-bond donors (Lipinski definition) is 3. The molecule has 2 amide bonds. The Labute approximate surface area is 216 Å². The number of nitrogens with one attached hydrogen (secondary N) is 3.